The molecule has 1 rings (SSSR count). The van der Waals surface area contributed by atoms with Crippen LogP contribution in [0.1, 0.15) is 32.0 Å². The Morgan fingerprint density at radius 1 is 1.33 bits per heavy atom. The Hall–Kier alpha value is -0.790. The van der Waals surface area contributed by atoms with Gasteiger partial charge in [0.15, 0.2) is 5.95 Å². The van der Waals surface area contributed by atoms with Crippen molar-refractivity contribution in [2.75, 3.05) is 0 Å². The van der Waals surface area contributed by atoms with E-state index in [-0.39, 0.29) is 11.4 Å². The molecule has 0 unspecified atom stereocenters. The number of hydrogen-bond acceptors (Lipinski definition) is 0. The van der Waals surface area contributed by atoms with Gasteiger partial charge in [-0.05, 0) is 18.6 Å². The molecule has 1 nitrogen and oxygen atoms in total. The SMILES string of the molecule is Cc1cc(F)n(C)c1C(C)(C)C. The molecule has 1 heterocycles. The van der Waals surface area contributed by atoms with E-state index in [1.54, 1.807) is 17.7 Å². The highest BCUT2D eigenvalue weighted by molar-refractivity contribution is 5.27. The van der Waals surface area contributed by atoms with Gasteiger partial charge < -0.3 is 4.57 Å². The fraction of sp³-hybridized carbons (Fsp3) is 0.600. The van der Waals surface area contributed by atoms with Crippen LogP contribution in [0.15, 0.2) is 6.07 Å². The van der Waals surface area contributed by atoms with Crippen molar-refractivity contribution < 1.29 is 4.39 Å². The first kappa shape index (κ1) is 9.30. The van der Waals surface area contributed by atoms with Crippen molar-refractivity contribution in [2.45, 2.75) is 33.1 Å². The zero-order chi connectivity index (χ0) is 9.52. The van der Waals surface area contributed by atoms with Crippen LogP contribution in [0.2, 0.25) is 0 Å². The Bertz CT molecular complexity index is 292. The summed E-state index contributed by atoms with van der Waals surface area (Å²) in [5, 5.41) is 0. The van der Waals surface area contributed by atoms with E-state index in [0.717, 1.165) is 11.3 Å². The minimum atomic E-state index is -0.155. The second kappa shape index (κ2) is 2.61. The normalized spacial score (nSPS) is 12.2. The van der Waals surface area contributed by atoms with Crippen LogP contribution in [0, 0.1) is 12.9 Å². The van der Waals surface area contributed by atoms with E-state index in [1.807, 2.05) is 6.92 Å². The van der Waals surface area contributed by atoms with Gasteiger partial charge in [-0.2, -0.15) is 4.39 Å². The highest BCUT2D eigenvalue weighted by Gasteiger charge is 2.21. The molecule has 1 aromatic rings. The van der Waals surface area contributed by atoms with Crippen LogP contribution in [0.25, 0.3) is 0 Å². The third-order valence-corrected chi connectivity index (χ3v) is 2.08. The Morgan fingerprint density at radius 3 is 2.00 bits per heavy atom. The van der Waals surface area contributed by atoms with E-state index in [9.17, 15) is 4.39 Å². The first-order valence-corrected chi connectivity index (χ1v) is 4.16. The molecule has 0 N–H and O–H groups in total. The van der Waals surface area contributed by atoms with E-state index < -0.39 is 0 Å². The molecular formula is C10H16FN. The van der Waals surface area contributed by atoms with Crippen LogP contribution in [0.4, 0.5) is 4.39 Å². The number of rotatable bonds is 0. The molecule has 0 spiro atoms. The molecule has 68 valence electrons. The third kappa shape index (κ3) is 1.38. The largest absolute Gasteiger partial charge is 0.324 e. The Labute approximate surface area is 73.2 Å². The molecule has 0 aromatic carbocycles. The van der Waals surface area contributed by atoms with Crippen molar-refractivity contribution in [3.05, 3.63) is 23.3 Å². The number of aryl methyl sites for hydroxylation is 1. The molecule has 0 saturated heterocycles. The fourth-order valence-corrected chi connectivity index (χ4v) is 1.81. The van der Waals surface area contributed by atoms with Gasteiger partial charge in [0.2, 0.25) is 0 Å². The molecule has 0 bridgehead atoms. The van der Waals surface area contributed by atoms with E-state index >= 15 is 0 Å². The minimum Gasteiger partial charge on any atom is -0.324 e. The van der Waals surface area contributed by atoms with Gasteiger partial charge in [-0.1, -0.05) is 20.8 Å². The number of halogens is 1. The highest BCUT2D eigenvalue weighted by atomic mass is 19.1. The summed E-state index contributed by atoms with van der Waals surface area (Å²) in [6.07, 6.45) is 0. The first-order chi connectivity index (χ1) is 5.34. The fourth-order valence-electron chi connectivity index (χ4n) is 1.81. The molecule has 0 saturated carbocycles. The molecule has 0 aliphatic carbocycles. The second-order valence-electron chi connectivity index (χ2n) is 4.31. The summed E-state index contributed by atoms with van der Waals surface area (Å²) in [4.78, 5) is 0. The van der Waals surface area contributed by atoms with E-state index in [0.29, 0.717) is 0 Å². The van der Waals surface area contributed by atoms with E-state index in [1.165, 1.54) is 0 Å². The summed E-state index contributed by atoms with van der Waals surface area (Å²) in [6.45, 7) is 8.22. The molecule has 0 amide bonds. The van der Waals surface area contributed by atoms with Crippen molar-refractivity contribution in [1.82, 2.24) is 4.57 Å². The van der Waals surface area contributed by atoms with Gasteiger partial charge in [-0.25, -0.2) is 0 Å². The first-order valence-electron chi connectivity index (χ1n) is 4.16. The maximum absolute atomic E-state index is 13.1. The number of nitrogens with zero attached hydrogens (tertiary/aromatic N) is 1. The average molecular weight is 169 g/mol. The summed E-state index contributed by atoms with van der Waals surface area (Å²) in [6, 6.07) is 1.58. The Kier molecular flexibility index (Phi) is 2.02. The molecule has 12 heavy (non-hydrogen) atoms. The quantitative estimate of drug-likeness (QED) is 0.562. The maximum atomic E-state index is 13.1. The van der Waals surface area contributed by atoms with Crippen molar-refractivity contribution >= 4 is 0 Å². The molecule has 0 fully saturated rings. The Balaban J connectivity index is 3.32. The van der Waals surface area contributed by atoms with Crippen molar-refractivity contribution in [3.63, 3.8) is 0 Å². The zero-order valence-electron chi connectivity index (χ0n) is 8.40. The van der Waals surface area contributed by atoms with E-state index in [2.05, 4.69) is 20.8 Å². The van der Waals surface area contributed by atoms with Crippen molar-refractivity contribution in [2.24, 2.45) is 7.05 Å². The smallest absolute Gasteiger partial charge is 0.193 e. The van der Waals surface area contributed by atoms with Gasteiger partial charge in [0, 0.05) is 18.2 Å². The Morgan fingerprint density at radius 2 is 1.83 bits per heavy atom. The van der Waals surface area contributed by atoms with Crippen molar-refractivity contribution in [3.8, 4) is 0 Å². The van der Waals surface area contributed by atoms with Gasteiger partial charge in [-0.3, -0.25) is 0 Å². The van der Waals surface area contributed by atoms with Gasteiger partial charge in [0.25, 0.3) is 0 Å². The molecular weight excluding hydrogens is 153 g/mol. The lowest BCUT2D eigenvalue weighted by Crippen LogP contribution is -2.17. The lowest BCUT2D eigenvalue weighted by atomic mass is 9.90. The van der Waals surface area contributed by atoms with Crippen LogP contribution in [-0.4, -0.2) is 4.57 Å². The molecule has 0 atom stereocenters. The van der Waals surface area contributed by atoms with Gasteiger partial charge in [0.05, 0.1) is 0 Å². The topological polar surface area (TPSA) is 4.93 Å². The average Bonchev–Trinajstić information content (AvgIpc) is 2.05. The predicted molar refractivity (Wildman–Crippen MR) is 48.8 cm³/mol. The standard InChI is InChI=1S/C10H16FN/c1-7-6-8(11)12(5)9(7)10(2,3)4/h6H,1-5H3. The van der Waals surface area contributed by atoms with Gasteiger partial charge >= 0.3 is 0 Å². The summed E-state index contributed by atoms with van der Waals surface area (Å²) >= 11 is 0. The number of hydrogen-bond donors (Lipinski definition) is 0. The summed E-state index contributed by atoms with van der Waals surface area (Å²) < 4.78 is 14.7. The van der Waals surface area contributed by atoms with Crippen molar-refractivity contribution in [1.29, 1.82) is 0 Å². The molecule has 0 radical (unpaired) electrons. The van der Waals surface area contributed by atoms with Crippen LogP contribution in [-0.2, 0) is 12.5 Å². The minimum absolute atomic E-state index is 0.0170. The van der Waals surface area contributed by atoms with Crippen LogP contribution >= 0.6 is 0 Å². The van der Waals surface area contributed by atoms with Crippen LogP contribution in [0.3, 0.4) is 0 Å². The van der Waals surface area contributed by atoms with E-state index in [4.69, 9.17) is 0 Å². The van der Waals surface area contributed by atoms with Crippen LogP contribution in [0.5, 0.6) is 0 Å². The van der Waals surface area contributed by atoms with Crippen LogP contribution < -0.4 is 0 Å². The monoisotopic (exact) mass is 169 g/mol. The molecule has 0 aliphatic heterocycles. The predicted octanol–water partition coefficient (Wildman–Crippen LogP) is 2.77. The maximum Gasteiger partial charge on any atom is 0.193 e. The lowest BCUT2D eigenvalue weighted by Gasteiger charge is -2.21. The summed E-state index contributed by atoms with van der Waals surface area (Å²) in [5.41, 5.74) is 2.12. The second-order valence-corrected chi connectivity index (χ2v) is 4.31. The lowest BCUT2D eigenvalue weighted by molar-refractivity contribution is 0.478. The molecule has 0 aliphatic rings. The highest BCUT2D eigenvalue weighted by Crippen LogP contribution is 2.26. The zero-order valence-corrected chi connectivity index (χ0v) is 8.40. The van der Waals surface area contributed by atoms with Gasteiger partial charge in [-0.15, -0.1) is 0 Å². The summed E-state index contributed by atoms with van der Waals surface area (Å²) in [5.74, 6) is -0.155. The number of aromatic nitrogens is 1. The third-order valence-electron chi connectivity index (χ3n) is 2.08. The van der Waals surface area contributed by atoms with Gasteiger partial charge in [0.1, 0.15) is 0 Å². The molecule has 1 aromatic heterocycles. The molecule has 2 heteroatoms. The summed E-state index contributed by atoms with van der Waals surface area (Å²) in [7, 11) is 1.77.